The molecule has 0 aromatic carbocycles. The molecule has 2 N–H and O–H groups in total. The van der Waals surface area contributed by atoms with Crippen LogP contribution >= 0.6 is 0 Å². The molecule has 0 saturated heterocycles. The van der Waals surface area contributed by atoms with E-state index in [4.69, 9.17) is 0 Å². The van der Waals surface area contributed by atoms with Crippen molar-refractivity contribution in [2.45, 2.75) is 27.2 Å². The van der Waals surface area contributed by atoms with Gasteiger partial charge in [-0.05, 0) is 13.3 Å². The van der Waals surface area contributed by atoms with Gasteiger partial charge in [-0.3, -0.25) is 4.79 Å². The van der Waals surface area contributed by atoms with Gasteiger partial charge in [0, 0.05) is 33.3 Å². The Kier molecular flexibility index (Phi) is 6.21. The molecule has 0 aliphatic rings. The van der Waals surface area contributed by atoms with E-state index >= 15 is 0 Å². The number of hydrogen-bond acceptors (Lipinski definition) is 5. The SMILES string of the molecule is CCCNc1cc(N(C)CC(C)C(=O)NC)nc(C)n1. The molecule has 6 heteroatoms. The summed E-state index contributed by atoms with van der Waals surface area (Å²) < 4.78 is 0. The first-order chi connectivity index (χ1) is 9.47. The summed E-state index contributed by atoms with van der Waals surface area (Å²) in [5, 5.41) is 5.92. The number of nitrogens with zero attached hydrogens (tertiary/aromatic N) is 3. The van der Waals surface area contributed by atoms with E-state index in [1.807, 2.05) is 31.9 Å². The van der Waals surface area contributed by atoms with Gasteiger partial charge in [-0.1, -0.05) is 13.8 Å². The predicted molar refractivity (Wildman–Crippen MR) is 82.1 cm³/mol. The van der Waals surface area contributed by atoms with E-state index in [9.17, 15) is 4.79 Å². The number of amides is 1. The third-order valence-electron chi connectivity index (χ3n) is 3.01. The minimum atomic E-state index is -0.0904. The molecule has 1 unspecified atom stereocenters. The van der Waals surface area contributed by atoms with Crippen LogP contribution in [0.5, 0.6) is 0 Å². The lowest BCUT2D eigenvalue weighted by Crippen LogP contribution is -2.34. The maximum Gasteiger partial charge on any atom is 0.224 e. The largest absolute Gasteiger partial charge is 0.370 e. The van der Waals surface area contributed by atoms with Crippen LogP contribution in [0.4, 0.5) is 11.6 Å². The topological polar surface area (TPSA) is 70.2 Å². The van der Waals surface area contributed by atoms with Crippen LogP contribution in [0.25, 0.3) is 0 Å². The van der Waals surface area contributed by atoms with Crippen LogP contribution in [0.1, 0.15) is 26.1 Å². The molecule has 1 aromatic rings. The lowest BCUT2D eigenvalue weighted by atomic mass is 10.1. The highest BCUT2D eigenvalue weighted by atomic mass is 16.1. The maximum atomic E-state index is 11.6. The number of aryl methyl sites for hydroxylation is 1. The van der Waals surface area contributed by atoms with Gasteiger partial charge in [0.15, 0.2) is 0 Å². The predicted octanol–water partition coefficient (Wildman–Crippen LogP) is 1.43. The number of rotatable bonds is 7. The zero-order valence-electron chi connectivity index (χ0n) is 13.0. The van der Waals surface area contributed by atoms with E-state index in [2.05, 4.69) is 27.5 Å². The Morgan fingerprint density at radius 3 is 2.75 bits per heavy atom. The Balaban J connectivity index is 2.78. The summed E-state index contributed by atoms with van der Waals surface area (Å²) in [6, 6.07) is 1.92. The summed E-state index contributed by atoms with van der Waals surface area (Å²) in [6.45, 7) is 7.38. The van der Waals surface area contributed by atoms with Crippen LogP contribution in [0, 0.1) is 12.8 Å². The molecule has 1 atom stereocenters. The summed E-state index contributed by atoms with van der Waals surface area (Å²) in [4.78, 5) is 22.3. The molecule has 1 aromatic heterocycles. The van der Waals surface area contributed by atoms with Gasteiger partial charge >= 0.3 is 0 Å². The van der Waals surface area contributed by atoms with E-state index in [1.54, 1.807) is 7.05 Å². The summed E-state index contributed by atoms with van der Waals surface area (Å²) in [5.41, 5.74) is 0. The fourth-order valence-electron chi connectivity index (χ4n) is 1.92. The molecule has 0 aliphatic carbocycles. The summed E-state index contributed by atoms with van der Waals surface area (Å²) in [6.07, 6.45) is 1.04. The monoisotopic (exact) mass is 279 g/mol. The number of hydrogen-bond donors (Lipinski definition) is 2. The fraction of sp³-hybridized carbons (Fsp3) is 0.643. The molecule has 0 bridgehead atoms. The smallest absolute Gasteiger partial charge is 0.224 e. The van der Waals surface area contributed by atoms with Crippen molar-refractivity contribution in [3.8, 4) is 0 Å². The Morgan fingerprint density at radius 1 is 1.45 bits per heavy atom. The van der Waals surface area contributed by atoms with E-state index in [0.717, 1.165) is 30.4 Å². The molecule has 1 amide bonds. The highest BCUT2D eigenvalue weighted by Gasteiger charge is 2.15. The average molecular weight is 279 g/mol. The van der Waals surface area contributed by atoms with Crippen LogP contribution in [-0.2, 0) is 4.79 Å². The van der Waals surface area contributed by atoms with Crippen molar-refractivity contribution in [3.63, 3.8) is 0 Å². The van der Waals surface area contributed by atoms with Gasteiger partial charge in [-0.15, -0.1) is 0 Å². The molecule has 112 valence electrons. The Labute approximate surface area is 121 Å². The molecule has 1 heterocycles. The van der Waals surface area contributed by atoms with Gasteiger partial charge in [0.2, 0.25) is 5.91 Å². The standard InChI is InChI=1S/C14H25N5O/c1-6-7-16-12-8-13(18-11(3)17-12)19(5)9-10(2)14(20)15-4/h8,10H,6-7,9H2,1-5H3,(H,15,20)(H,16,17,18). The molecule has 0 saturated carbocycles. The van der Waals surface area contributed by atoms with E-state index in [0.29, 0.717) is 6.54 Å². The minimum Gasteiger partial charge on any atom is -0.370 e. The zero-order valence-corrected chi connectivity index (χ0v) is 13.0. The Morgan fingerprint density at radius 2 is 2.15 bits per heavy atom. The van der Waals surface area contributed by atoms with Crippen LogP contribution in [0.2, 0.25) is 0 Å². The summed E-state index contributed by atoms with van der Waals surface area (Å²) >= 11 is 0. The minimum absolute atomic E-state index is 0.0342. The Bertz CT molecular complexity index is 449. The van der Waals surface area contributed by atoms with Crippen LogP contribution < -0.4 is 15.5 Å². The molecule has 1 rings (SSSR count). The first-order valence-corrected chi connectivity index (χ1v) is 7.00. The molecular formula is C14H25N5O. The van der Waals surface area contributed by atoms with Crippen molar-refractivity contribution in [1.29, 1.82) is 0 Å². The molecular weight excluding hydrogens is 254 g/mol. The highest BCUT2D eigenvalue weighted by Crippen LogP contribution is 2.16. The molecule has 20 heavy (non-hydrogen) atoms. The number of aromatic nitrogens is 2. The number of carbonyl (C=O) groups is 1. The van der Waals surface area contributed by atoms with Crippen LogP contribution in [0.15, 0.2) is 6.07 Å². The third kappa shape index (κ3) is 4.68. The van der Waals surface area contributed by atoms with Crippen LogP contribution in [-0.4, -0.2) is 43.1 Å². The van der Waals surface area contributed by atoms with Crippen molar-refractivity contribution in [2.75, 3.05) is 37.4 Å². The molecule has 0 aliphatic heterocycles. The van der Waals surface area contributed by atoms with Gasteiger partial charge < -0.3 is 15.5 Å². The van der Waals surface area contributed by atoms with E-state index in [1.165, 1.54) is 0 Å². The van der Waals surface area contributed by atoms with Crippen molar-refractivity contribution in [1.82, 2.24) is 15.3 Å². The highest BCUT2D eigenvalue weighted by molar-refractivity contribution is 5.78. The first kappa shape index (κ1) is 16.2. The number of anilines is 2. The van der Waals surface area contributed by atoms with Crippen molar-refractivity contribution >= 4 is 17.5 Å². The first-order valence-electron chi connectivity index (χ1n) is 7.00. The fourth-order valence-corrected chi connectivity index (χ4v) is 1.92. The number of carbonyl (C=O) groups excluding carboxylic acids is 1. The second kappa shape index (κ2) is 7.67. The molecule has 0 spiro atoms. The summed E-state index contributed by atoms with van der Waals surface area (Å²) in [5.74, 6) is 2.32. The van der Waals surface area contributed by atoms with Crippen molar-refractivity contribution in [3.05, 3.63) is 11.9 Å². The van der Waals surface area contributed by atoms with Gasteiger partial charge in [0.25, 0.3) is 0 Å². The lowest BCUT2D eigenvalue weighted by molar-refractivity contribution is -0.123. The van der Waals surface area contributed by atoms with Gasteiger partial charge in [-0.2, -0.15) is 0 Å². The van der Waals surface area contributed by atoms with E-state index < -0.39 is 0 Å². The normalized spacial score (nSPS) is 11.8. The quantitative estimate of drug-likeness (QED) is 0.790. The van der Waals surface area contributed by atoms with Crippen molar-refractivity contribution in [2.24, 2.45) is 5.92 Å². The van der Waals surface area contributed by atoms with Crippen molar-refractivity contribution < 1.29 is 4.79 Å². The maximum absolute atomic E-state index is 11.6. The molecule has 6 nitrogen and oxygen atoms in total. The zero-order chi connectivity index (χ0) is 15.1. The van der Waals surface area contributed by atoms with Gasteiger partial charge in [0.05, 0.1) is 5.92 Å². The second-order valence-electron chi connectivity index (χ2n) is 4.98. The number of nitrogens with one attached hydrogen (secondary N) is 2. The average Bonchev–Trinajstić information content (AvgIpc) is 2.43. The molecule has 0 fully saturated rings. The Hall–Kier alpha value is -1.85. The van der Waals surface area contributed by atoms with Gasteiger partial charge in [0.1, 0.15) is 17.5 Å². The molecule has 0 radical (unpaired) electrons. The third-order valence-corrected chi connectivity index (χ3v) is 3.01. The van der Waals surface area contributed by atoms with E-state index in [-0.39, 0.29) is 11.8 Å². The lowest BCUT2D eigenvalue weighted by Gasteiger charge is -2.22. The van der Waals surface area contributed by atoms with Gasteiger partial charge in [-0.25, -0.2) is 9.97 Å². The van der Waals surface area contributed by atoms with Crippen LogP contribution in [0.3, 0.4) is 0 Å². The second-order valence-corrected chi connectivity index (χ2v) is 4.98. The summed E-state index contributed by atoms with van der Waals surface area (Å²) in [7, 11) is 3.59.